The number of hydrogen-bond donors (Lipinski definition) is 2. The number of halogens is 1. The topological polar surface area (TPSA) is 75.3 Å². The smallest absolute Gasteiger partial charge is 0.220 e. The van der Waals surface area contributed by atoms with Crippen LogP contribution in [0.2, 0.25) is 5.02 Å². The van der Waals surface area contributed by atoms with Gasteiger partial charge < -0.3 is 5.32 Å². The molecule has 2 aromatic carbocycles. The lowest BCUT2D eigenvalue weighted by molar-refractivity contribution is -0.121. The van der Waals surface area contributed by atoms with Crippen molar-refractivity contribution in [3.63, 3.8) is 0 Å². The number of nitrogens with one attached hydrogen (secondary N) is 2. The molecule has 25 heavy (non-hydrogen) atoms. The van der Waals surface area contributed by atoms with Crippen molar-refractivity contribution in [2.45, 2.75) is 12.3 Å². The Morgan fingerprint density at radius 2 is 1.68 bits per heavy atom. The quantitative estimate of drug-likeness (QED) is 0.691. The van der Waals surface area contributed by atoms with E-state index in [0.717, 1.165) is 17.4 Å². The first-order valence-corrected chi connectivity index (χ1v) is 10.1. The molecule has 2 N–H and O–H groups in total. The summed E-state index contributed by atoms with van der Waals surface area (Å²) < 4.78 is 24.4. The fraction of sp³-hybridized carbons (Fsp3) is 0.278. The van der Waals surface area contributed by atoms with Crippen LogP contribution in [0.15, 0.2) is 54.6 Å². The van der Waals surface area contributed by atoms with Crippen LogP contribution in [0.5, 0.6) is 0 Å². The van der Waals surface area contributed by atoms with E-state index in [0.29, 0.717) is 5.02 Å². The summed E-state index contributed by atoms with van der Waals surface area (Å²) in [5.41, 5.74) is 1.89. The van der Waals surface area contributed by atoms with Gasteiger partial charge in [-0.1, -0.05) is 60.1 Å². The van der Waals surface area contributed by atoms with Crippen LogP contribution in [0.3, 0.4) is 0 Å². The van der Waals surface area contributed by atoms with Crippen LogP contribution in [0.1, 0.15) is 23.5 Å². The zero-order valence-corrected chi connectivity index (χ0v) is 15.5. The number of amides is 1. The van der Waals surface area contributed by atoms with Gasteiger partial charge in [0.1, 0.15) is 0 Å². The van der Waals surface area contributed by atoms with E-state index in [4.69, 9.17) is 11.6 Å². The molecule has 0 aliphatic heterocycles. The van der Waals surface area contributed by atoms with Crippen LogP contribution < -0.4 is 10.0 Å². The highest BCUT2D eigenvalue weighted by molar-refractivity contribution is 7.88. The van der Waals surface area contributed by atoms with Crippen molar-refractivity contribution in [3.8, 4) is 0 Å². The molecule has 0 saturated carbocycles. The molecule has 0 bridgehead atoms. The van der Waals surface area contributed by atoms with Gasteiger partial charge in [-0.2, -0.15) is 0 Å². The normalized spacial score (nSPS) is 12.6. The molecule has 2 aromatic rings. The summed E-state index contributed by atoms with van der Waals surface area (Å²) in [4.78, 5) is 12.3. The largest absolute Gasteiger partial charge is 0.355 e. The Hall–Kier alpha value is -1.89. The zero-order valence-electron chi connectivity index (χ0n) is 13.9. The molecule has 134 valence electrons. The molecular formula is C18H21ClN2O3S. The monoisotopic (exact) mass is 380 g/mol. The Morgan fingerprint density at radius 1 is 1.04 bits per heavy atom. The molecule has 0 heterocycles. The number of carbonyl (C=O) groups is 1. The molecule has 0 aliphatic carbocycles. The molecule has 0 unspecified atom stereocenters. The minimum absolute atomic E-state index is 0.159. The van der Waals surface area contributed by atoms with Crippen molar-refractivity contribution in [1.82, 2.24) is 10.0 Å². The first kappa shape index (κ1) is 19.4. The minimum Gasteiger partial charge on any atom is -0.355 e. The van der Waals surface area contributed by atoms with Crippen molar-refractivity contribution in [1.29, 1.82) is 0 Å². The van der Waals surface area contributed by atoms with Gasteiger partial charge in [0.25, 0.3) is 0 Å². The second-order valence-corrected chi connectivity index (χ2v) is 7.95. The lowest BCUT2D eigenvalue weighted by atomic mass is 9.88. The Kier molecular flexibility index (Phi) is 6.99. The van der Waals surface area contributed by atoms with E-state index in [1.165, 1.54) is 0 Å². The fourth-order valence-corrected chi connectivity index (χ4v) is 3.29. The van der Waals surface area contributed by atoms with Gasteiger partial charge in [0.2, 0.25) is 15.9 Å². The molecule has 0 radical (unpaired) electrons. The highest BCUT2D eigenvalue weighted by atomic mass is 35.5. The maximum absolute atomic E-state index is 12.3. The average molecular weight is 381 g/mol. The molecule has 1 amide bonds. The molecule has 0 fully saturated rings. The van der Waals surface area contributed by atoms with E-state index in [9.17, 15) is 13.2 Å². The van der Waals surface area contributed by atoms with Crippen LogP contribution in [-0.4, -0.2) is 33.7 Å². The third kappa shape index (κ3) is 6.49. The van der Waals surface area contributed by atoms with Gasteiger partial charge >= 0.3 is 0 Å². The van der Waals surface area contributed by atoms with Gasteiger partial charge in [-0.3, -0.25) is 4.79 Å². The molecule has 0 aliphatic rings. The zero-order chi connectivity index (χ0) is 18.3. The third-order valence-corrected chi connectivity index (χ3v) is 4.76. The number of sulfonamides is 1. The first-order chi connectivity index (χ1) is 11.9. The SMILES string of the molecule is CS(=O)(=O)NCCNC(=O)C[C@@H](c1ccccc1)c1ccccc1Cl. The van der Waals surface area contributed by atoms with E-state index in [1.54, 1.807) is 6.07 Å². The van der Waals surface area contributed by atoms with Crippen molar-refractivity contribution in [3.05, 3.63) is 70.7 Å². The van der Waals surface area contributed by atoms with Crippen LogP contribution in [0.4, 0.5) is 0 Å². The fourth-order valence-electron chi connectivity index (χ4n) is 2.55. The van der Waals surface area contributed by atoms with Gasteiger partial charge in [0.05, 0.1) is 6.26 Å². The molecule has 1 atom stereocenters. The summed E-state index contributed by atoms with van der Waals surface area (Å²) in [5, 5.41) is 3.35. The van der Waals surface area contributed by atoms with Crippen molar-refractivity contribution in [2.75, 3.05) is 19.3 Å². The van der Waals surface area contributed by atoms with Crippen LogP contribution in [0, 0.1) is 0 Å². The van der Waals surface area contributed by atoms with E-state index in [2.05, 4.69) is 10.0 Å². The summed E-state index contributed by atoms with van der Waals surface area (Å²) in [6, 6.07) is 17.2. The lowest BCUT2D eigenvalue weighted by Crippen LogP contribution is -2.34. The minimum atomic E-state index is -3.26. The number of benzene rings is 2. The van der Waals surface area contributed by atoms with Gasteiger partial charge in [-0.05, 0) is 17.2 Å². The first-order valence-electron chi connectivity index (χ1n) is 7.87. The van der Waals surface area contributed by atoms with Gasteiger partial charge in [-0.25, -0.2) is 13.1 Å². The summed E-state index contributed by atoms with van der Waals surface area (Å²) in [7, 11) is -3.26. The van der Waals surface area contributed by atoms with E-state index >= 15 is 0 Å². The van der Waals surface area contributed by atoms with Crippen LogP contribution in [-0.2, 0) is 14.8 Å². The molecule has 7 heteroatoms. The Morgan fingerprint density at radius 3 is 2.32 bits per heavy atom. The number of hydrogen-bond acceptors (Lipinski definition) is 3. The van der Waals surface area contributed by atoms with Gasteiger partial charge in [-0.15, -0.1) is 0 Å². The van der Waals surface area contributed by atoms with Crippen molar-refractivity contribution >= 4 is 27.5 Å². The molecule has 0 spiro atoms. The third-order valence-electron chi connectivity index (χ3n) is 3.68. The molecule has 2 rings (SSSR count). The Bertz CT molecular complexity index is 810. The van der Waals surface area contributed by atoms with Gasteiger partial charge in [0, 0.05) is 30.5 Å². The Balaban J connectivity index is 2.07. The predicted molar refractivity (Wildman–Crippen MR) is 100 cm³/mol. The van der Waals surface area contributed by atoms with Crippen LogP contribution >= 0.6 is 11.6 Å². The second kappa shape index (κ2) is 8.99. The highest BCUT2D eigenvalue weighted by Crippen LogP contribution is 2.32. The van der Waals surface area contributed by atoms with Gasteiger partial charge in [0.15, 0.2) is 0 Å². The second-order valence-electron chi connectivity index (χ2n) is 5.71. The maximum Gasteiger partial charge on any atom is 0.220 e. The number of carbonyl (C=O) groups excluding carboxylic acids is 1. The summed E-state index contributed by atoms with van der Waals surface area (Å²) in [6.07, 6.45) is 1.31. The Labute approximate surface area is 153 Å². The van der Waals surface area contributed by atoms with E-state index in [1.807, 2.05) is 48.5 Å². The number of rotatable bonds is 8. The van der Waals surface area contributed by atoms with Crippen LogP contribution in [0.25, 0.3) is 0 Å². The molecule has 0 saturated heterocycles. The predicted octanol–water partition coefficient (Wildman–Crippen LogP) is 2.53. The molecule has 5 nitrogen and oxygen atoms in total. The molecule has 0 aromatic heterocycles. The summed E-state index contributed by atoms with van der Waals surface area (Å²) in [5.74, 6) is -0.332. The molecular weight excluding hydrogens is 360 g/mol. The van der Waals surface area contributed by atoms with Crippen molar-refractivity contribution in [2.24, 2.45) is 0 Å². The lowest BCUT2D eigenvalue weighted by Gasteiger charge is -2.19. The maximum atomic E-state index is 12.3. The average Bonchev–Trinajstić information content (AvgIpc) is 2.57. The standard InChI is InChI=1S/C18H21ClN2O3S/c1-25(23,24)21-12-11-20-18(22)13-16(14-7-3-2-4-8-14)15-9-5-6-10-17(15)19/h2-10,16,21H,11-13H2,1H3,(H,20,22)/t16-/m0/s1. The summed E-state index contributed by atoms with van der Waals surface area (Å²) in [6.45, 7) is 0.391. The van der Waals surface area contributed by atoms with E-state index in [-0.39, 0.29) is 31.3 Å². The summed E-state index contributed by atoms with van der Waals surface area (Å²) >= 11 is 6.32. The highest BCUT2D eigenvalue weighted by Gasteiger charge is 2.20. The van der Waals surface area contributed by atoms with E-state index < -0.39 is 10.0 Å². The van der Waals surface area contributed by atoms with Crippen molar-refractivity contribution < 1.29 is 13.2 Å².